The molecule has 0 aliphatic heterocycles. The third-order valence-corrected chi connectivity index (χ3v) is 6.13. The van der Waals surface area contributed by atoms with Crippen LogP contribution in [-0.2, 0) is 15.4 Å². The van der Waals surface area contributed by atoms with Crippen LogP contribution in [-0.4, -0.2) is 23.2 Å². The second kappa shape index (κ2) is 7.00. The zero-order valence-electron chi connectivity index (χ0n) is 16.5. The molecule has 0 radical (unpaired) electrons. The van der Waals surface area contributed by atoms with Crippen LogP contribution in [0.4, 0.5) is 5.82 Å². The lowest BCUT2D eigenvalue weighted by Gasteiger charge is -2.19. The Kier molecular flexibility index (Phi) is 4.62. The molecule has 7 heteroatoms. The van der Waals surface area contributed by atoms with E-state index in [0.29, 0.717) is 5.82 Å². The summed E-state index contributed by atoms with van der Waals surface area (Å²) in [5.41, 5.74) is 2.59. The molecule has 148 valence electrons. The largest absolute Gasteiger partial charge is 0.263 e. The second-order valence-electron chi connectivity index (χ2n) is 7.86. The topological polar surface area (TPSA) is 76.9 Å². The number of nitrogens with one attached hydrogen (secondary N) is 1. The highest BCUT2D eigenvalue weighted by molar-refractivity contribution is 7.92. The summed E-state index contributed by atoms with van der Waals surface area (Å²) < 4.78 is 30.1. The maximum absolute atomic E-state index is 12.9. The van der Waals surface area contributed by atoms with E-state index in [9.17, 15) is 8.42 Å². The van der Waals surface area contributed by atoms with E-state index in [4.69, 9.17) is 0 Å². The van der Waals surface area contributed by atoms with Gasteiger partial charge in [-0.3, -0.25) is 9.71 Å². The average Bonchev–Trinajstić information content (AvgIpc) is 3.14. The van der Waals surface area contributed by atoms with Crippen molar-refractivity contribution in [1.29, 1.82) is 0 Å². The first-order chi connectivity index (χ1) is 13.8. The first-order valence-corrected chi connectivity index (χ1v) is 10.8. The molecule has 0 unspecified atom stereocenters. The molecule has 0 atom stereocenters. The van der Waals surface area contributed by atoms with E-state index >= 15 is 0 Å². The molecule has 0 aliphatic rings. The maximum Gasteiger partial charge on any atom is 0.263 e. The smallest absolute Gasteiger partial charge is 0.263 e. The van der Waals surface area contributed by atoms with Gasteiger partial charge in [0.25, 0.3) is 10.0 Å². The SMILES string of the molecule is CC(C)(C)c1ccc(S(=O)(=O)Nc2ccnn2-c2cccc3ncccc23)cc1. The van der Waals surface area contributed by atoms with Crippen LogP contribution in [0.25, 0.3) is 16.6 Å². The number of anilines is 1. The van der Waals surface area contributed by atoms with Crippen molar-refractivity contribution >= 4 is 26.7 Å². The molecule has 6 nitrogen and oxygen atoms in total. The van der Waals surface area contributed by atoms with Crippen LogP contribution >= 0.6 is 0 Å². The van der Waals surface area contributed by atoms with E-state index in [0.717, 1.165) is 22.2 Å². The first-order valence-electron chi connectivity index (χ1n) is 9.27. The fourth-order valence-electron chi connectivity index (χ4n) is 3.18. The van der Waals surface area contributed by atoms with Gasteiger partial charge in [0.1, 0.15) is 5.82 Å². The summed E-state index contributed by atoms with van der Waals surface area (Å²) in [7, 11) is -3.76. The number of nitrogens with zero attached hydrogens (tertiary/aromatic N) is 3. The highest BCUT2D eigenvalue weighted by Crippen LogP contribution is 2.26. The summed E-state index contributed by atoms with van der Waals surface area (Å²) in [4.78, 5) is 4.56. The first kappa shape index (κ1) is 19.1. The molecule has 0 saturated heterocycles. The molecule has 4 aromatic rings. The molecule has 2 aromatic heterocycles. The van der Waals surface area contributed by atoms with Crippen LogP contribution < -0.4 is 4.72 Å². The third kappa shape index (κ3) is 3.73. The summed E-state index contributed by atoms with van der Waals surface area (Å²) in [5.74, 6) is 0.362. The molecule has 4 rings (SSSR count). The summed E-state index contributed by atoms with van der Waals surface area (Å²) in [6.45, 7) is 6.27. The molecular weight excluding hydrogens is 384 g/mol. The Balaban J connectivity index is 1.70. The number of hydrogen-bond acceptors (Lipinski definition) is 4. The lowest BCUT2D eigenvalue weighted by Crippen LogP contribution is -2.17. The van der Waals surface area contributed by atoms with Gasteiger partial charge in [0.05, 0.1) is 22.3 Å². The monoisotopic (exact) mass is 406 g/mol. The predicted octanol–water partition coefficient (Wildman–Crippen LogP) is 4.52. The Morgan fingerprint density at radius 3 is 2.38 bits per heavy atom. The van der Waals surface area contributed by atoms with Crippen LogP contribution in [0.1, 0.15) is 26.3 Å². The predicted molar refractivity (Wildman–Crippen MR) is 115 cm³/mol. The maximum atomic E-state index is 12.9. The fourth-order valence-corrected chi connectivity index (χ4v) is 4.22. The lowest BCUT2D eigenvalue weighted by atomic mass is 9.87. The number of pyridine rings is 1. The molecule has 0 fully saturated rings. The summed E-state index contributed by atoms with van der Waals surface area (Å²) >= 11 is 0. The van der Waals surface area contributed by atoms with E-state index in [1.807, 2.05) is 42.5 Å². The van der Waals surface area contributed by atoms with Gasteiger partial charge in [-0.15, -0.1) is 0 Å². The molecule has 29 heavy (non-hydrogen) atoms. The summed E-state index contributed by atoms with van der Waals surface area (Å²) in [6, 6.07) is 18.0. The van der Waals surface area contributed by atoms with E-state index in [-0.39, 0.29) is 10.3 Å². The minimum atomic E-state index is -3.76. The number of benzene rings is 2. The number of rotatable bonds is 4. The van der Waals surface area contributed by atoms with Gasteiger partial charge >= 0.3 is 0 Å². The van der Waals surface area contributed by atoms with Crippen LogP contribution in [0, 0.1) is 0 Å². The van der Waals surface area contributed by atoms with E-state index in [1.54, 1.807) is 35.3 Å². The molecular formula is C22H22N4O2S. The third-order valence-electron chi connectivity index (χ3n) is 4.76. The van der Waals surface area contributed by atoms with Gasteiger partial charge in [-0.2, -0.15) is 5.10 Å². The number of fused-ring (bicyclic) bond motifs is 1. The Hall–Kier alpha value is -3.19. The molecule has 0 spiro atoms. The zero-order chi connectivity index (χ0) is 20.6. The second-order valence-corrected chi connectivity index (χ2v) is 9.54. The van der Waals surface area contributed by atoms with Crippen molar-refractivity contribution in [3.63, 3.8) is 0 Å². The van der Waals surface area contributed by atoms with Crippen LogP contribution in [0.15, 0.2) is 78.0 Å². The van der Waals surface area contributed by atoms with Gasteiger partial charge in [0, 0.05) is 17.6 Å². The van der Waals surface area contributed by atoms with Crippen molar-refractivity contribution in [1.82, 2.24) is 14.8 Å². The van der Waals surface area contributed by atoms with Crippen molar-refractivity contribution in [3.8, 4) is 5.69 Å². The lowest BCUT2D eigenvalue weighted by molar-refractivity contribution is 0.587. The average molecular weight is 407 g/mol. The number of aromatic nitrogens is 3. The quantitative estimate of drug-likeness (QED) is 0.541. The fraction of sp³-hybridized carbons (Fsp3) is 0.182. The standard InChI is InChI=1S/C22H22N4O2S/c1-22(2,3)16-9-11-17(12-10-16)29(27,28)25-21-13-15-24-26(21)20-8-4-7-19-18(20)6-5-14-23-19/h4-15,25H,1-3H3. The Morgan fingerprint density at radius 1 is 0.897 bits per heavy atom. The van der Waals surface area contributed by atoms with Crippen LogP contribution in [0.3, 0.4) is 0 Å². The molecule has 2 heterocycles. The van der Waals surface area contributed by atoms with Crippen molar-refractivity contribution < 1.29 is 8.42 Å². The van der Waals surface area contributed by atoms with Gasteiger partial charge in [0.2, 0.25) is 0 Å². The molecule has 0 bridgehead atoms. The van der Waals surface area contributed by atoms with Crippen LogP contribution in [0.5, 0.6) is 0 Å². The Morgan fingerprint density at radius 2 is 1.66 bits per heavy atom. The minimum Gasteiger partial charge on any atom is -0.263 e. The minimum absolute atomic E-state index is 0.0449. The molecule has 2 aromatic carbocycles. The van der Waals surface area contributed by atoms with E-state index in [2.05, 4.69) is 35.6 Å². The van der Waals surface area contributed by atoms with Crippen LogP contribution in [0.2, 0.25) is 0 Å². The van der Waals surface area contributed by atoms with Crippen molar-refractivity contribution in [2.75, 3.05) is 4.72 Å². The highest BCUT2D eigenvalue weighted by atomic mass is 32.2. The summed E-state index contributed by atoms with van der Waals surface area (Å²) in [6.07, 6.45) is 3.29. The summed E-state index contributed by atoms with van der Waals surface area (Å²) in [5, 5.41) is 5.21. The van der Waals surface area contributed by atoms with Gasteiger partial charge < -0.3 is 0 Å². The molecule has 0 saturated carbocycles. The van der Waals surface area contributed by atoms with Crippen molar-refractivity contribution in [2.45, 2.75) is 31.1 Å². The van der Waals surface area contributed by atoms with Gasteiger partial charge in [-0.25, -0.2) is 13.1 Å². The Labute approximate surface area is 170 Å². The molecule has 0 aliphatic carbocycles. The van der Waals surface area contributed by atoms with E-state index < -0.39 is 10.0 Å². The zero-order valence-corrected chi connectivity index (χ0v) is 17.3. The Bertz CT molecular complexity index is 1260. The van der Waals surface area contributed by atoms with Crippen molar-refractivity contribution in [2.24, 2.45) is 0 Å². The molecule has 0 amide bonds. The molecule has 1 N–H and O–H groups in total. The number of hydrogen-bond donors (Lipinski definition) is 1. The van der Waals surface area contributed by atoms with E-state index in [1.165, 1.54) is 0 Å². The van der Waals surface area contributed by atoms with Crippen molar-refractivity contribution in [3.05, 3.63) is 78.6 Å². The van der Waals surface area contributed by atoms with Gasteiger partial charge in [0.15, 0.2) is 0 Å². The highest BCUT2D eigenvalue weighted by Gasteiger charge is 2.20. The normalized spacial score (nSPS) is 12.2. The van der Waals surface area contributed by atoms with Gasteiger partial charge in [-0.1, -0.05) is 39.0 Å². The van der Waals surface area contributed by atoms with Gasteiger partial charge in [-0.05, 0) is 47.4 Å². The number of sulfonamides is 1.